The van der Waals surface area contributed by atoms with Crippen molar-refractivity contribution < 1.29 is 33.0 Å². The average molecular weight is 783 g/mol. The molecule has 4 heterocycles. The summed E-state index contributed by atoms with van der Waals surface area (Å²) in [5.74, 6) is -0.116. The first-order valence-corrected chi connectivity index (χ1v) is 18.0. The molecule has 0 bridgehead atoms. The van der Waals surface area contributed by atoms with Gasteiger partial charge in [-0.25, -0.2) is 4.98 Å². The number of halogens is 1. The van der Waals surface area contributed by atoms with Crippen molar-refractivity contribution in [2.24, 2.45) is 5.92 Å². The molecule has 4 aromatic heterocycles. The van der Waals surface area contributed by atoms with E-state index in [2.05, 4.69) is 73.6 Å². The number of pyridine rings is 3. The summed E-state index contributed by atoms with van der Waals surface area (Å²) in [5, 5.41) is 3.36. The smallest absolute Gasteiger partial charge is 0.216 e. The minimum Gasteiger partial charge on any atom is -0.486 e. The van der Waals surface area contributed by atoms with Crippen LogP contribution in [0.1, 0.15) is 40.3 Å². The average Bonchev–Trinajstić information content (AvgIpc) is 3.34. The number of aromatic nitrogens is 3. The molecule has 229 valence electrons. The van der Waals surface area contributed by atoms with Crippen LogP contribution >= 0.6 is 0 Å². The minimum atomic E-state index is -2.34. The summed E-state index contributed by atoms with van der Waals surface area (Å²) in [5.41, 5.74) is 7.20. The standard InChI is InChI=1S/C19H25FNSi.C18H13N2O.Ir/c1-13(2)9-15-11-18(21-12-19(15)22(4,5)6)16-8-7-14(3)10-17(16)20;1-11-8-9-19-16(10-11)15-5-3-4-13-14-7-6-12(2)20-18(14)21-17(13)15;/h7,10-13H,9H2,1-6H3;3-4,6-10H,1-2H3;/q2*-1;/i3D3;;. The normalized spacial score (nSPS) is 12.7. The molecular weight excluding hydrogens is 742 g/mol. The van der Waals surface area contributed by atoms with Crippen LogP contribution in [-0.2, 0) is 26.5 Å². The van der Waals surface area contributed by atoms with Crippen molar-refractivity contribution >= 4 is 35.3 Å². The largest absolute Gasteiger partial charge is 0.486 e. The van der Waals surface area contributed by atoms with Gasteiger partial charge in [-0.1, -0.05) is 80.1 Å². The van der Waals surface area contributed by atoms with Crippen LogP contribution in [0.3, 0.4) is 0 Å². The van der Waals surface area contributed by atoms with Crippen molar-refractivity contribution in [1.29, 1.82) is 0 Å². The molecule has 0 aliphatic heterocycles. The Kier molecular flexibility index (Phi) is 9.05. The van der Waals surface area contributed by atoms with Crippen LogP contribution in [0.2, 0.25) is 19.6 Å². The van der Waals surface area contributed by atoms with Crippen molar-refractivity contribution in [3.05, 3.63) is 107 Å². The van der Waals surface area contributed by atoms with Gasteiger partial charge in [0.05, 0.1) is 13.7 Å². The second kappa shape index (κ2) is 13.6. The fourth-order valence-electron chi connectivity index (χ4n) is 5.16. The predicted molar refractivity (Wildman–Crippen MR) is 178 cm³/mol. The zero-order valence-corrected chi connectivity index (χ0v) is 29.5. The summed E-state index contributed by atoms with van der Waals surface area (Å²) < 4.78 is 42.6. The van der Waals surface area contributed by atoms with Gasteiger partial charge in [0.25, 0.3) is 0 Å². The summed E-state index contributed by atoms with van der Waals surface area (Å²) in [6, 6.07) is 22.4. The Balaban J connectivity index is 0.000000210. The molecule has 4 nitrogen and oxygen atoms in total. The quantitative estimate of drug-likeness (QED) is 0.129. The van der Waals surface area contributed by atoms with E-state index in [4.69, 9.17) is 8.53 Å². The Morgan fingerprint density at radius 3 is 2.39 bits per heavy atom. The molecule has 2 aromatic carbocycles. The van der Waals surface area contributed by atoms with Crippen molar-refractivity contribution in [2.75, 3.05) is 0 Å². The fourth-order valence-corrected chi connectivity index (χ4v) is 6.75. The maximum atomic E-state index is 14.5. The van der Waals surface area contributed by atoms with Crippen LogP contribution in [0.4, 0.5) is 4.39 Å². The number of fused-ring (bicyclic) bond motifs is 3. The molecule has 0 atom stereocenters. The van der Waals surface area contributed by atoms with Gasteiger partial charge in [0.2, 0.25) is 5.71 Å². The first-order valence-electron chi connectivity index (χ1n) is 16.0. The second-order valence-electron chi connectivity index (χ2n) is 12.4. The maximum absolute atomic E-state index is 14.5. The number of aryl methyl sites for hydroxylation is 3. The van der Waals surface area contributed by atoms with E-state index in [-0.39, 0.29) is 31.2 Å². The van der Waals surface area contributed by atoms with E-state index < -0.39 is 20.7 Å². The van der Waals surface area contributed by atoms with Gasteiger partial charge in [-0.3, -0.25) is 4.39 Å². The summed E-state index contributed by atoms with van der Waals surface area (Å²) >= 11 is 0. The van der Waals surface area contributed by atoms with E-state index in [0.717, 1.165) is 51.4 Å². The number of hydrogen-bond donors (Lipinski definition) is 0. The van der Waals surface area contributed by atoms with E-state index in [1.807, 2.05) is 55.7 Å². The maximum Gasteiger partial charge on any atom is 0.216 e. The van der Waals surface area contributed by atoms with Crippen LogP contribution < -0.4 is 5.19 Å². The van der Waals surface area contributed by atoms with Crippen molar-refractivity contribution in [2.45, 2.75) is 60.6 Å². The zero-order valence-electron chi connectivity index (χ0n) is 29.1. The van der Waals surface area contributed by atoms with Gasteiger partial charge < -0.3 is 14.4 Å². The van der Waals surface area contributed by atoms with Crippen molar-refractivity contribution in [1.82, 2.24) is 15.0 Å². The molecule has 0 spiro atoms. The second-order valence-corrected chi connectivity index (χ2v) is 17.4. The van der Waals surface area contributed by atoms with Gasteiger partial charge >= 0.3 is 0 Å². The molecule has 0 amide bonds. The van der Waals surface area contributed by atoms with Gasteiger partial charge in [0.1, 0.15) is 0 Å². The van der Waals surface area contributed by atoms with E-state index in [1.165, 1.54) is 16.8 Å². The SMILES string of the molecule is Cc1ccnc(-c2[c-]ccc3c2oc2nc(C)ccc23)c1.[2H]C([2H])([2H])c1c[c-]c(-c2cc(CC(C)C)c([Si](C)(C)C)cn2)c(F)c1.[Ir]. The molecule has 6 rings (SSSR count). The molecule has 1 radical (unpaired) electrons. The molecule has 6 aromatic rings. The van der Waals surface area contributed by atoms with Gasteiger partial charge in [0.15, 0.2) is 0 Å². The first kappa shape index (κ1) is 29.2. The van der Waals surface area contributed by atoms with E-state index in [9.17, 15) is 4.39 Å². The third kappa shape index (κ3) is 7.40. The molecule has 7 heteroatoms. The van der Waals surface area contributed by atoms with Crippen molar-refractivity contribution in [3.63, 3.8) is 0 Å². The minimum absolute atomic E-state index is 0. The predicted octanol–water partition coefficient (Wildman–Crippen LogP) is 9.20. The van der Waals surface area contributed by atoms with Crippen molar-refractivity contribution in [3.8, 4) is 22.5 Å². The third-order valence-electron chi connectivity index (χ3n) is 7.18. The number of nitrogens with zero attached hydrogens (tertiary/aromatic N) is 3. The van der Waals surface area contributed by atoms with Crippen LogP contribution in [0.25, 0.3) is 44.6 Å². The van der Waals surface area contributed by atoms with E-state index in [1.54, 1.807) is 0 Å². The van der Waals surface area contributed by atoms with E-state index >= 15 is 0 Å². The van der Waals surface area contributed by atoms with Crippen LogP contribution in [0.15, 0.2) is 71.4 Å². The number of benzene rings is 2. The molecule has 44 heavy (non-hydrogen) atoms. The first-order chi connectivity index (χ1) is 21.6. The molecule has 0 saturated carbocycles. The molecule has 0 unspecified atom stereocenters. The number of rotatable bonds is 5. The Hall–Kier alpha value is -3.51. The monoisotopic (exact) mass is 783 g/mol. The Labute approximate surface area is 278 Å². The zero-order chi connectivity index (χ0) is 33.4. The fraction of sp³-hybridized carbons (Fsp3) is 0.270. The topological polar surface area (TPSA) is 51.8 Å². The Morgan fingerprint density at radius 1 is 0.932 bits per heavy atom. The summed E-state index contributed by atoms with van der Waals surface area (Å²) in [6.07, 6.45) is 4.58. The molecule has 0 aliphatic rings. The van der Waals surface area contributed by atoms with Gasteiger partial charge in [-0.15, -0.1) is 42.0 Å². The van der Waals surface area contributed by atoms with E-state index in [0.29, 0.717) is 17.3 Å². The summed E-state index contributed by atoms with van der Waals surface area (Å²) in [7, 11) is -1.56. The molecule has 0 N–H and O–H groups in total. The van der Waals surface area contributed by atoms with Gasteiger partial charge in [-0.05, 0) is 61.0 Å². The van der Waals surface area contributed by atoms with Crippen LogP contribution in [0.5, 0.6) is 0 Å². The van der Waals surface area contributed by atoms with Gasteiger partial charge in [0, 0.05) is 53.5 Å². The number of hydrogen-bond acceptors (Lipinski definition) is 4. The Morgan fingerprint density at radius 2 is 1.70 bits per heavy atom. The van der Waals surface area contributed by atoms with Gasteiger partial charge in [-0.2, -0.15) is 0 Å². The number of furan rings is 1. The molecule has 0 fully saturated rings. The molecule has 0 aliphatic carbocycles. The molecular formula is C37H38FIrN3OSi-2. The third-order valence-corrected chi connectivity index (χ3v) is 9.25. The summed E-state index contributed by atoms with van der Waals surface area (Å²) in [4.78, 5) is 13.4. The Bertz CT molecular complexity index is 2040. The molecule has 0 saturated heterocycles. The van der Waals surface area contributed by atoms with Crippen LogP contribution in [-0.4, -0.2) is 23.0 Å². The summed E-state index contributed by atoms with van der Waals surface area (Å²) in [6.45, 7) is 12.8. The van der Waals surface area contributed by atoms with Crippen LogP contribution in [0, 0.1) is 44.6 Å².